The van der Waals surface area contributed by atoms with Gasteiger partial charge in [0.2, 0.25) is 0 Å². The minimum Gasteiger partial charge on any atom is -0.381 e. The van der Waals surface area contributed by atoms with Gasteiger partial charge in [0.05, 0.1) is 12.4 Å². The van der Waals surface area contributed by atoms with Crippen LogP contribution in [-0.4, -0.2) is 46.2 Å². The fourth-order valence-corrected chi connectivity index (χ4v) is 3.29. The predicted octanol–water partition coefficient (Wildman–Crippen LogP) is 1.61. The Morgan fingerprint density at radius 3 is 2.67 bits per heavy atom. The molecule has 0 aromatic rings. The predicted molar refractivity (Wildman–Crippen MR) is 74.6 cm³/mol. The Balaban J connectivity index is 2.38. The highest BCUT2D eigenvalue weighted by atomic mass is 32.2. The largest absolute Gasteiger partial charge is 0.381 e. The Hall–Kier alpha value is -0.130. The Morgan fingerprint density at radius 1 is 1.33 bits per heavy atom. The van der Waals surface area contributed by atoms with Gasteiger partial charge < -0.3 is 10.1 Å². The summed E-state index contributed by atoms with van der Waals surface area (Å²) in [4.78, 5) is 0. The van der Waals surface area contributed by atoms with E-state index in [2.05, 4.69) is 12.2 Å². The van der Waals surface area contributed by atoms with Gasteiger partial charge in [0, 0.05) is 24.3 Å². The van der Waals surface area contributed by atoms with Crippen LogP contribution in [0.3, 0.4) is 0 Å². The van der Waals surface area contributed by atoms with Crippen molar-refractivity contribution in [3.8, 4) is 0 Å². The van der Waals surface area contributed by atoms with Gasteiger partial charge in [0.25, 0.3) is 0 Å². The molecule has 1 aliphatic heterocycles. The third-order valence-corrected chi connectivity index (χ3v) is 5.50. The fraction of sp³-hybridized carbons (Fsp3) is 1.00. The molecule has 1 heterocycles. The second-order valence-electron chi connectivity index (χ2n) is 5.32. The van der Waals surface area contributed by atoms with Crippen LogP contribution in [0, 0.1) is 5.41 Å². The molecule has 0 radical (unpaired) electrons. The number of ether oxygens (including phenoxy) is 1. The first-order chi connectivity index (χ1) is 8.54. The van der Waals surface area contributed by atoms with E-state index in [4.69, 9.17) is 4.74 Å². The van der Waals surface area contributed by atoms with E-state index < -0.39 is 9.84 Å². The van der Waals surface area contributed by atoms with Gasteiger partial charge in [-0.15, -0.1) is 0 Å². The molecule has 0 aromatic carbocycles. The van der Waals surface area contributed by atoms with Gasteiger partial charge in [0.1, 0.15) is 9.84 Å². The molecule has 1 fully saturated rings. The summed E-state index contributed by atoms with van der Waals surface area (Å²) in [5.74, 6) is 0.573. The highest BCUT2D eigenvalue weighted by molar-refractivity contribution is 7.91. The summed E-state index contributed by atoms with van der Waals surface area (Å²) in [6, 6.07) is 0. The first kappa shape index (κ1) is 15.9. The first-order valence-electron chi connectivity index (χ1n) is 7.02. The molecule has 1 unspecified atom stereocenters. The van der Waals surface area contributed by atoms with Crippen molar-refractivity contribution in [3.63, 3.8) is 0 Å². The molecule has 5 heteroatoms. The van der Waals surface area contributed by atoms with Crippen LogP contribution >= 0.6 is 0 Å². The summed E-state index contributed by atoms with van der Waals surface area (Å²) in [5.41, 5.74) is 0.165. The Bertz CT molecular complexity index is 321. The number of hydrogen-bond donors (Lipinski definition) is 1. The molecule has 0 bridgehead atoms. The zero-order chi connectivity index (χ0) is 13.5. The molecule has 1 aliphatic rings. The van der Waals surface area contributed by atoms with E-state index in [9.17, 15) is 8.42 Å². The van der Waals surface area contributed by atoms with Crippen LogP contribution in [0.4, 0.5) is 0 Å². The van der Waals surface area contributed by atoms with Crippen LogP contribution in [0.15, 0.2) is 0 Å². The summed E-state index contributed by atoms with van der Waals surface area (Å²) in [5, 5.41) is 3.45. The molecule has 4 nitrogen and oxygen atoms in total. The van der Waals surface area contributed by atoms with Crippen LogP contribution in [0.2, 0.25) is 0 Å². The van der Waals surface area contributed by atoms with Crippen LogP contribution < -0.4 is 5.32 Å². The van der Waals surface area contributed by atoms with Gasteiger partial charge in [-0.1, -0.05) is 13.8 Å². The molecule has 0 aliphatic carbocycles. The highest BCUT2D eigenvalue weighted by Gasteiger charge is 2.34. The number of rotatable bonds is 9. The van der Waals surface area contributed by atoms with Crippen LogP contribution in [0.25, 0.3) is 0 Å². The van der Waals surface area contributed by atoms with Crippen molar-refractivity contribution in [2.24, 2.45) is 5.41 Å². The van der Waals surface area contributed by atoms with Crippen LogP contribution in [-0.2, 0) is 14.6 Å². The van der Waals surface area contributed by atoms with Gasteiger partial charge in [0.15, 0.2) is 0 Å². The molecule has 1 N–H and O–H groups in total. The average Bonchev–Trinajstić information content (AvgIpc) is 2.78. The molecule has 0 spiro atoms. The topological polar surface area (TPSA) is 55.4 Å². The van der Waals surface area contributed by atoms with Gasteiger partial charge in [-0.3, -0.25) is 0 Å². The summed E-state index contributed by atoms with van der Waals surface area (Å²) >= 11 is 0. The molecular weight excluding hydrogens is 250 g/mol. The van der Waals surface area contributed by atoms with Gasteiger partial charge in [-0.2, -0.15) is 0 Å². The van der Waals surface area contributed by atoms with Gasteiger partial charge >= 0.3 is 0 Å². The number of sulfone groups is 1. The molecule has 1 rings (SSSR count). The third-order valence-electron chi connectivity index (χ3n) is 3.71. The van der Waals surface area contributed by atoms with E-state index in [0.29, 0.717) is 5.75 Å². The standard InChI is InChI=1S/C13H27NO3S/c1-3-8-14-11-13(7-9-17-12-13)6-5-10-18(15,16)4-2/h14H,3-12H2,1-2H3. The molecule has 18 heavy (non-hydrogen) atoms. The molecular formula is C13H27NO3S. The van der Waals surface area contributed by atoms with Crippen LogP contribution in [0.1, 0.15) is 39.5 Å². The van der Waals surface area contributed by atoms with E-state index in [1.807, 2.05) is 0 Å². The summed E-state index contributed by atoms with van der Waals surface area (Å²) in [7, 11) is -2.82. The van der Waals surface area contributed by atoms with Crippen molar-refractivity contribution in [1.82, 2.24) is 5.32 Å². The molecule has 0 saturated carbocycles. The van der Waals surface area contributed by atoms with Crippen molar-refractivity contribution >= 4 is 9.84 Å². The van der Waals surface area contributed by atoms with Gasteiger partial charge in [-0.25, -0.2) is 8.42 Å². The lowest BCUT2D eigenvalue weighted by atomic mass is 9.82. The van der Waals surface area contributed by atoms with Crippen molar-refractivity contribution < 1.29 is 13.2 Å². The van der Waals surface area contributed by atoms with E-state index in [-0.39, 0.29) is 11.2 Å². The smallest absolute Gasteiger partial charge is 0.150 e. The molecule has 0 aromatic heterocycles. The Morgan fingerprint density at radius 2 is 2.11 bits per heavy atom. The average molecular weight is 277 g/mol. The van der Waals surface area contributed by atoms with Crippen molar-refractivity contribution in [2.75, 3.05) is 37.8 Å². The summed E-state index contributed by atoms with van der Waals surface area (Å²) in [6.45, 7) is 7.43. The maximum atomic E-state index is 11.5. The number of nitrogens with one attached hydrogen (secondary N) is 1. The normalized spacial score (nSPS) is 24.6. The van der Waals surface area contributed by atoms with E-state index in [0.717, 1.165) is 52.0 Å². The Kier molecular flexibility index (Phi) is 6.60. The summed E-state index contributed by atoms with van der Waals surface area (Å²) in [6.07, 6.45) is 3.88. The lowest BCUT2D eigenvalue weighted by Gasteiger charge is -2.27. The van der Waals surface area contributed by atoms with Gasteiger partial charge in [-0.05, 0) is 32.2 Å². The maximum Gasteiger partial charge on any atom is 0.150 e. The Labute approximate surface area is 111 Å². The van der Waals surface area contributed by atoms with Crippen molar-refractivity contribution in [2.45, 2.75) is 39.5 Å². The van der Waals surface area contributed by atoms with Crippen molar-refractivity contribution in [3.05, 3.63) is 0 Å². The SMILES string of the molecule is CCCNCC1(CCCS(=O)(=O)CC)CCOC1. The number of hydrogen-bond acceptors (Lipinski definition) is 4. The molecule has 1 saturated heterocycles. The second-order valence-corrected chi connectivity index (χ2v) is 7.79. The minimum atomic E-state index is -2.82. The van der Waals surface area contributed by atoms with Crippen LogP contribution in [0.5, 0.6) is 0 Å². The van der Waals surface area contributed by atoms with Crippen molar-refractivity contribution in [1.29, 1.82) is 0 Å². The third kappa shape index (κ3) is 5.24. The van der Waals surface area contributed by atoms with E-state index in [1.54, 1.807) is 6.92 Å². The summed E-state index contributed by atoms with van der Waals surface area (Å²) < 4.78 is 28.5. The monoisotopic (exact) mass is 277 g/mol. The second kappa shape index (κ2) is 7.46. The quantitative estimate of drug-likeness (QED) is 0.651. The lowest BCUT2D eigenvalue weighted by Crippen LogP contribution is -2.35. The molecule has 108 valence electrons. The molecule has 1 atom stereocenters. The highest BCUT2D eigenvalue weighted by Crippen LogP contribution is 2.33. The zero-order valence-electron chi connectivity index (χ0n) is 11.7. The lowest BCUT2D eigenvalue weighted by molar-refractivity contribution is 0.143. The maximum absolute atomic E-state index is 11.5. The zero-order valence-corrected chi connectivity index (χ0v) is 12.5. The molecule has 0 amide bonds. The van der Waals surface area contributed by atoms with E-state index >= 15 is 0 Å². The fourth-order valence-electron chi connectivity index (χ4n) is 2.42. The van der Waals surface area contributed by atoms with E-state index in [1.165, 1.54) is 0 Å². The first-order valence-corrected chi connectivity index (χ1v) is 8.84. The minimum absolute atomic E-state index is 0.165.